The number of rotatable bonds is 4. The second kappa shape index (κ2) is 7.27. The minimum Gasteiger partial charge on any atom is -0.359 e. The molecular formula is C16H17ClN2S. The van der Waals surface area contributed by atoms with E-state index in [1.54, 1.807) is 0 Å². The van der Waals surface area contributed by atoms with Gasteiger partial charge in [-0.05, 0) is 42.4 Å². The lowest BCUT2D eigenvalue weighted by atomic mass is 10.1. The molecule has 2 nitrogen and oxygen atoms in total. The van der Waals surface area contributed by atoms with E-state index in [0.717, 1.165) is 10.6 Å². The maximum absolute atomic E-state index is 5.85. The molecular weight excluding hydrogens is 288 g/mol. The highest BCUT2D eigenvalue weighted by Gasteiger charge is 2.05. The Morgan fingerprint density at radius 1 is 1.10 bits per heavy atom. The van der Waals surface area contributed by atoms with Crippen molar-refractivity contribution >= 4 is 28.9 Å². The van der Waals surface area contributed by atoms with E-state index >= 15 is 0 Å². The van der Waals surface area contributed by atoms with Gasteiger partial charge in [-0.3, -0.25) is 0 Å². The predicted octanol–water partition coefficient (Wildman–Crippen LogP) is 4.07. The summed E-state index contributed by atoms with van der Waals surface area (Å²) in [6.07, 6.45) is 0. The molecule has 0 spiro atoms. The molecule has 0 radical (unpaired) electrons. The van der Waals surface area contributed by atoms with Crippen molar-refractivity contribution in [2.45, 2.75) is 19.5 Å². The van der Waals surface area contributed by atoms with Crippen molar-refractivity contribution in [1.29, 1.82) is 0 Å². The smallest absolute Gasteiger partial charge is 0.167 e. The number of nitrogens with one attached hydrogen (secondary N) is 2. The maximum Gasteiger partial charge on any atom is 0.167 e. The van der Waals surface area contributed by atoms with E-state index < -0.39 is 0 Å². The van der Waals surface area contributed by atoms with Crippen molar-refractivity contribution < 1.29 is 0 Å². The molecule has 2 rings (SSSR count). The normalized spacial score (nSPS) is 11.7. The number of halogens is 1. The zero-order valence-corrected chi connectivity index (χ0v) is 12.8. The largest absolute Gasteiger partial charge is 0.359 e. The molecule has 0 aromatic heterocycles. The molecule has 104 valence electrons. The Morgan fingerprint density at radius 3 is 2.40 bits per heavy atom. The minimum atomic E-state index is 0.182. The second-order valence-corrected chi connectivity index (χ2v) is 5.43. The third-order valence-corrected chi connectivity index (χ3v) is 3.53. The average Bonchev–Trinajstić information content (AvgIpc) is 2.47. The fourth-order valence-corrected chi connectivity index (χ4v) is 2.23. The lowest BCUT2D eigenvalue weighted by Crippen LogP contribution is -2.36. The fourth-order valence-electron chi connectivity index (χ4n) is 1.86. The van der Waals surface area contributed by atoms with E-state index in [9.17, 15) is 0 Å². The van der Waals surface area contributed by atoms with Gasteiger partial charge in [-0.2, -0.15) is 0 Å². The predicted molar refractivity (Wildman–Crippen MR) is 88.9 cm³/mol. The number of hydrogen-bond acceptors (Lipinski definition) is 1. The Morgan fingerprint density at radius 2 is 1.75 bits per heavy atom. The molecule has 0 bridgehead atoms. The summed E-state index contributed by atoms with van der Waals surface area (Å²) in [6, 6.07) is 18.1. The van der Waals surface area contributed by atoms with Gasteiger partial charge in [0, 0.05) is 11.6 Å². The molecule has 20 heavy (non-hydrogen) atoms. The SMILES string of the molecule is CC(NC(=S)NCc1ccc(Cl)cc1)c1ccccc1. The van der Waals surface area contributed by atoms with Gasteiger partial charge in [-0.1, -0.05) is 54.1 Å². The van der Waals surface area contributed by atoms with Gasteiger partial charge in [0.15, 0.2) is 5.11 Å². The van der Waals surface area contributed by atoms with E-state index in [2.05, 4.69) is 29.7 Å². The molecule has 0 amide bonds. The summed E-state index contributed by atoms with van der Waals surface area (Å²) in [4.78, 5) is 0. The lowest BCUT2D eigenvalue weighted by Gasteiger charge is -2.17. The monoisotopic (exact) mass is 304 g/mol. The topological polar surface area (TPSA) is 24.1 Å². The van der Waals surface area contributed by atoms with Crippen LogP contribution < -0.4 is 10.6 Å². The van der Waals surface area contributed by atoms with Crippen LogP contribution in [0.3, 0.4) is 0 Å². The van der Waals surface area contributed by atoms with Crippen LogP contribution in [0.1, 0.15) is 24.1 Å². The van der Waals surface area contributed by atoms with Crippen LogP contribution in [0, 0.1) is 0 Å². The van der Waals surface area contributed by atoms with Crippen molar-refractivity contribution in [1.82, 2.24) is 10.6 Å². The highest BCUT2D eigenvalue weighted by Crippen LogP contribution is 2.11. The van der Waals surface area contributed by atoms with Gasteiger partial charge < -0.3 is 10.6 Å². The average molecular weight is 305 g/mol. The highest BCUT2D eigenvalue weighted by molar-refractivity contribution is 7.80. The third-order valence-electron chi connectivity index (χ3n) is 3.01. The molecule has 1 unspecified atom stereocenters. The molecule has 0 heterocycles. The van der Waals surface area contributed by atoms with E-state index in [4.69, 9.17) is 23.8 Å². The molecule has 1 atom stereocenters. The summed E-state index contributed by atoms with van der Waals surface area (Å²) in [5.74, 6) is 0. The second-order valence-electron chi connectivity index (χ2n) is 4.59. The van der Waals surface area contributed by atoms with Crippen LogP contribution in [0.2, 0.25) is 5.02 Å². The minimum absolute atomic E-state index is 0.182. The summed E-state index contributed by atoms with van der Waals surface area (Å²) in [6.45, 7) is 2.77. The zero-order chi connectivity index (χ0) is 14.4. The van der Waals surface area contributed by atoms with Crippen LogP contribution in [0.5, 0.6) is 0 Å². The first-order valence-electron chi connectivity index (χ1n) is 6.49. The van der Waals surface area contributed by atoms with Gasteiger partial charge in [0.2, 0.25) is 0 Å². The molecule has 4 heteroatoms. The molecule has 0 aliphatic carbocycles. The molecule has 2 aromatic rings. The molecule has 0 aliphatic heterocycles. The zero-order valence-electron chi connectivity index (χ0n) is 11.3. The molecule has 0 aliphatic rings. The van der Waals surface area contributed by atoms with Crippen molar-refractivity contribution in [3.63, 3.8) is 0 Å². The van der Waals surface area contributed by atoms with Crippen LogP contribution in [-0.4, -0.2) is 5.11 Å². The maximum atomic E-state index is 5.85. The van der Waals surface area contributed by atoms with Gasteiger partial charge in [0.1, 0.15) is 0 Å². The first-order valence-corrected chi connectivity index (χ1v) is 7.27. The van der Waals surface area contributed by atoms with Crippen molar-refractivity contribution in [3.8, 4) is 0 Å². The Kier molecular flexibility index (Phi) is 5.39. The summed E-state index contributed by atoms with van der Waals surface area (Å²) in [5.41, 5.74) is 2.36. The Labute approximate surface area is 130 Å². The summed E-state index contributed by atoms with van der Waals surface area (Å²) < 4.78 is 0. The molecule has 0 saturated carbocycles. The summed E-state index contributed by atoms with van der Waals surface area (Å²) >= 11 is 11.2. The van der Waals surface area contributed by atoms with Crippen LogP contribution >= 0.6 is 23.8 Å². The first kappa shape index (κ1) is 14.8. The molecule has 0 saturated heterocycles. The van der Waals surface area contributed by atoms with Crippen LogP contribution in [0.15, 0.2) is 54.6 Å². The molecule has 2 N–H and O–H groups in total. The number of hydrogen-bond donors (Lipinski definition) is 2. The number of benzene rings is 2. The van der Waals surface area contributed by atoms with E-state index in [-0.39, 0.29) is 6.04 Å². The van der Waals surface area contributed by atoms with E-state index in [0.29, 0.717) is 11.7 Å². The Hall–Kier alpha value is -1.58. The highest BCUT2D eigenvalue weighted by atomic mass is 35.5. The van der Waals surface area contributed by atoms with Gasteiger partial charge in [0.05, 0.1) is 6.04 Å². The van der Waals surface area contributed by atoms with Gasteiger partial charge >= 0.3 is 0 Å². The molecule has 0 fully saturated rings. The van der Waals surface area contributed by atoms with Crippen molar-refractivity contribution in [2.24, 2.45) is 0 Å². The van der Waals surface area contributed by atoms with Crippen LogP contribution in [0.25, 0.3) is 0 Å². The first-order chi connectivity index (χ1) is 9.65. The van der Waals surface area contributed by atoms with Gasteiger partial charge in [0.25, 0.3) is 0 Å². The van der Waals surface area contributed by atoms with Gasteiger partial charge in [-0.25, -0.2) is 0 Å². The van der Waals surface area contributed by atoms with E-state index in [1.807, 2.05) is 42.5 Å². The van der Waals surface area contributed by atoms with Crippen molar-refractivity contribution in [3.05, 3.63) is 70.7 Å². The molecule has 2 aromatic carbocycles. The standard InChI is InChI=1S/C16H17ClN2S/c1-12(14-5-3-2-4-6-14)19-16(20)18-11-13-7-9-15(17)10-8-13/h2-10,12H,11H2,1H3,(H2,18,19,20). The third kappa shape index (κ3) is 4.51. The Bertz CT molecular complexity index is 554. The Balaban J connectivity index is 1.82. The number of thiocarbonyl (C=S) groups is 1. The summed E-state index contributed by atoms with van der Waals surface area (Å²) in [7, 11) is 0. The van der Waals surface area contributed by atoms with E-state index in [1.165, 1.54) is 5.56 Å². The fraction of sp³-hybridized carbons (Fsp3) is 0.188. The van der Waals surface area contributed by atoms with Crippen LogP contribution in [-0.2, 0) is 6.54 Å². The lowest BCUT2D eigenvalue weighted by molar-refractivity contribution is 0.698. The van der Waals surface area contributed by atoms with Gasteiger partial charge in [-0.15, -0.1) is 0 Å². The van der Waals surface area contributed by atoms with Crippen LogP contribution in [0.4, 0.5) is 0 Å². The summed E-state index contributed by atoms with van der Waals surface area (Å²) in [5, 5.41) is 7.86. The van der Waals surface area contributed by atoms with Crippen molar-refractivity contribution in [2.75, 3.05) is 0 Å². The quantitative estimate of drug-likeness (QED) is 0.833.